The summed E-state index contributed by atoms with van der Waals surface area (Å²) in [6.45, 7) is 1.64. The number of benzene rings is 2. The minimum Gasteiger partial charge on any atom is -0.339 e. The second-order valence-electron chi connectivity index (χ2n) is 5.60. The van der Waals surface area contributed by atoms with Gasteiger partial charge in [0, 0.05) is 35.3 Å². The Hall–Kier alpha value is -2.42. The quantitative estimate of drug-likeness (QED) is 0.685. The van der Waals surface area contributed by atoms with Gasteiger partial charge in [0.05, 0.1) is 0 Å². The lowest BCUT2D eigenvalue weighted by Gasteiger charge is -2.17. The van der Waals surface area contributed by atoms with Gasteiger partial charge in [-0.15, -0.1) is 0 Å². The van der Waals surface area contributed by atoms with E-state index in [4.69, 9.17) is 0 Å². The van der Waals surface area contributed by atoms with Gasteiger partial charge in [-0.05, 0) is 24.5 Å². The fourth-order valence-electron chi connectivity index (χ4n) is 3.34. The number of rotatable bonds is 1. The van der Waals surface area contributed by atoms with E-state index in [1.54, 1.807) is 0 Å². The summed E-state index contributed by atoms with van der Waals surface area (Å²) in [5.74, 6) is 0.0746. The third-order valence-electron chi connectivity index (χ3n) is 4.37. The summed E-state index contributed by atoms with van der Waals surface area (Å²) < 4.78 is 0. The highest BCUT2D eigenvalue weighted by Crippen LogP contribution is 2.39. The third kappa shape index (κ3) is 1.74. The molecule has 2 aromatic rings. The Morgan fingerprint density at radius 3 is 2.29 bits per heavy atom. The van der Waals surface area contributed by atoms with E-state index >= 15 is 0 Å². The van der Waals surface area contributed by atoms with Crippen LogP contribution in [0.4, 0.5) is 0 Å². The van der Waals surface area contributed by atoms with E-state index in [1.807, 2.05) is 47.4 Å². The van der Waals surface area contributed by atoms with Crippen molar-refractivity contribution in [2.75, 3.05) is 13.1 Å². The molecule has 0 spiro atoms. The molecule has 1 aliphatic heterocycles. The lowest BCUT2D eigenvalue weighted by atomic mass is 9.98. The number of carbonyl (C=O) groups is 2. The highest BCUT2D eigenvalue weighted by molar-refractivity contribution is 6.24. The Bertz CT molecular complexity index is 758. The number of carbonyl (C=O) groups excluding carboxylic acids is 2. The molecule has 0 radical (unpaired) electrons. The maximum absolute atomic E-state index is 12.7. The van der Waals surface area contributed by atoms with Crippen LogP contribution in [-0.4, -0.2) is 29.7 Å². The van der Waals surface area contributed by atoms with Crippen molar-refractivity contribution in [3.05, 3.63) is 59.2 Å². The lowest BCUT2D eigenvalue weighted by molar-refractivity contribution is 0.0793. The molecule has 1 amide bonds. The molecule has 1 fully saturated rings. The molecule has 2 aromatic carbocycles. The normalized spacial score (nSPS) is 16.0. The van der Waals surface area contributed by atoms with E-state index in [0.29, 0.717) is 16.7 Å². The maximum atomic E-state index is 12.7. The van der Waals surface area contributed by atoms with E-state index in [-0.39, 0.29) is 11.7 Å². The lowest BCUT2D eigenvalue weighted by Crippen LogP contribution is -2.28. The molecule has 0 aromatic heterocycles. The van der Waals surface area contributed by atoms with Crippen LogP contribution >= 0.6 is 0 Å². The second-order valence-corrected chi connectivity index (χ2v) is 5.60. The molecule has 2 aliphatic rings. The maximum Gasteiger partial charge on any atom is 0.254 e. The summed E-state index contributed by atoms with van der Waals surface area (Å²) in [5.41, 5.74) is 3.72. The van der Waals surface area contributed by atoms with E-state index in [9.17, 15) is 9.59 Å². The average Bonchev–Trinajstić information content (AvgIpc) is 3.15. The van der Waals surface area contributed by atoms with Gasteiger partial charge in [0.1, 0.15) is 0 Å². The molecule has 1 aliphatic carbocycles. The highest BCUT2D eigenvalue weighted by Gasteiger charge is 2.31. The van der Waals surface area contributed by atoms with Crippen molar-refractivity contribution in [3.8, 4) is 11.1 Å². The second kappa shape index (κ2) is 4.55. The van der Waals surface area contributed by atoms with E-state index in [0.717, 1.165) is 37.1 Å². The molecular weight excluding hydrogens is 262 g/mol. The number of amides is 1. The first-order valence-corrected chi connectivity index (χ1v) is 7.34. The van der Waals surface area contributed by atoms with Crippen LogP contribution in [0.2, 0.25) is 0 Å². The van der Waals surface area contributed by atoms with E-state index in [2.05, 4.69) is 0 Å². The number of fused-ring (bicyclic) bond motifs is 3. The molecule has 3 nitrogen and oxygen atoms in total. The summed E-state index contributed by atoms with van der Waals surface area (Å²) in [7, 11) is 0. The fraction of sp³-hybridized carbons (Fsp3) is 0.222. The van der Waals surface area contributed by atoms with E-state index < -0.39 is 0 Å². The van der Waals surface area contributed by atoms with Crippen LogP contribution in [0.25, 0.3) is 11.1 Å². The van der Waals surface area contributed by atoms with Gasteiger partial charge in [0.2, 0.25) is 0 Å². The van der Waals surface area contributed by atoms with Crippen LogP contribution < -0.4 is 0 Å². The number of likely N-dealkylation sites (tertiary alicyclic amines) is 1. The molecule has 104 valence electrons. The van der Waals surface area contributed by atoms with Crippen molar-refractivity contribution in [2.45, 2.75) is 12.8 Å². The van der Waals surface area contributed by atoms with Gasteiger partial charge >= 0.3 is 0 Å². The molecule has 1 saturated heterocycles. The van der Waals surface area contributed by atoms with Crippen molar-refractivity contribution in [1.82, 2.24) is 4.90 Å². The monoisotopic (exact) mass is 277 g/mol. The van der Waals surface area contributed by atoms with Crippen molar-refractivity contribution in [2.24, 2.45) is 0 Å². The minimum atomic E-state index is 0.0247. The predicted molar refractivity (Wildman–Crippen MR) is 80.4 cm³/mol. The Morgan fingerprint density at radius 2 is 1.52 bits per heavy atom. The minimum absolute atomic E-state index is 0.0247. The van der Waals surface area contributed by atoms with Crippen molar-refractivity contribution >= 4 is 11.7 Å². The van der Waals surface area contributed by atoms with Crippen LogP contribution in [0, 0.1) is 0 Å². The molecule has 0 N–H and O–H groups in total. The Kier molecular flexibility index (Phi) is 2.67. The number of nitrogens with zero attached hydrogens (tertiary/aromatic N) is 1. The largest absolute Gasteiger partial charge is 0.339 e. The zero-order chi connectivity index (χ0) is 14.4. The van der Waals surface area contributed by atoms with Gasteiger partial charge in [-0.25, -0.2) is 0 Å². The molecule has 0 atom stereocenters. The predicted octanol–water partition coefficient (Wildman–Crippen LogP) is 3.13. The summed E-state index contributed by atoms with van der Waals surface area (Å²) in [6.07, 6.45) is 2.13. The smallest absolute Gasteiger partial charge is 0.254 e. The summed E-state index contributed by atoms with van der Waals surface area (Å²) in [4.78, 5) is 27.1. The van der Waals surface area contributed by atoms with Crippen LogP contribution in [0.15, 0.2) is 42.5 Å². The van der Waals surface area contributed by atoms with Gasteiger partial charge in [-0.3, -0.25) is 9.59 Å². The highest BCUT2D eigenvalue weighted by atomic mass is 16.2. The molecule has 21 heavy (non-hydrogen) atoms. The van der Waals surface area contributed by atoms with Crippen LogP contribution in [0.5, 0.6) is 0 Å². The Labute approximate surface area is 123 Å². The molecule has 0 bridgehead atoms. The molecule has 1 heterocycles. The van der Waals surface area contributed by atoms with Crippen molar-refractivity contribution in [1.29, 1.82) is 0 Å². The van der Waals surface area contributed by atoms with Crippen molar-refractivity contribution < 1.29 is 9.59 Å². The SMILES string of the molecule is O=C1c2ccccc2-c2c1cccc2C(=O)N1CCCC1. The topological polar surface area (TPSA) is 37.4 Å². The van der Waals surface area contributed by atoms with E-state index in [1.165, 1.54) is 0 Å². The standard InChI is InChI=1S/C18H15NO2/c20-17-13-7-2-1-6-12(13)16-14(17)8-5-9-15(16)18(21)19-10-3-4-11-19/h1-2,5-9H,3-4,10-11H2. The first-order chi connectivity index (χ1) is 10.3. The number of ketones is 1. The summed E-state index contributed by atoms with van der Waals surface area (Å²) in [5, 5.41) is 0. The van der Waals surface area contributed by atoms with Crippen LogP contribution in [-0.2, 0) is 0 Å². The molecular formula is C18H15NO2. The van der Waals surface area contributed by atoms with Gasteiger partial charge in [0.25, 0.3) is 5.91 Å². The zero-order valence-electron chi connectivity index (χ0n) is 11.6. The van der Waals surface area contributed by atoms with Crippen LogP contribution in [0.1, 0.15) is 39.1 Å². The van der Waals surface area contributed by atoms with Gasteiger partial charge in [-0.2, -0.15) is 0 Å². The zero-order valence-corrected chi connectivity index (χ0v) is 11.6. The van der Waals surface area contributed by atoms with Crippen molar-refractivity contribution in [3.63, 3.8) is 0 Å². The fourth-order valence-corrected chi connectivity index (χ4v) is 3.34. The molecule has 4 rings (SSSR count). The number of hydrogen-bond acceptors (Lipinski definition) is 2. The van der Waals surface area contributed by atoms with Gasteiger partial charge in [0.15, 0.2) is 5.78 Å². The summed E-state index contributed by atoms with van der Waals surface area (Å²) >= 11 is 0. The molecule has 0 saturated carbocycles. The third-order valence-corrected chi connectivity index (χ3v) is 4.37. The average molecular weight is 277 g/mol. The molecule has 3 heteroatoms. The Morgan fingerprint density at radius 1 is 0.857 bits per heavy atom. The van der Waals surface area contributed by atoms with Gasteiger partial charge in [-0.1, -0.05) is 36.4 Å². The van der Waals surface area contributed by atoms with Gasteiger partial charge < -0.3 is 4.90 Å². The molecule has 0 unspecified atom stereocenters. The first kappa shape index (κ1) is 12.3. The number of hydrogen-bond donors (Lipinski definition) is 0. The Balaban J connectivity index is 1.90. The summed E-state index contributed by atoms with van der Waals surface area (Å²) in [6, 6.07) is 13.0. The van der Waals surface area contributed by atoms with Crippen LogP contribution in [0.3, 0.4) is 0 Å². The first-order valence-electron chi connectivity index (χ1n) is 7.34.